The van der Waals surface area contributed by atoms with E-state index in [-0.39, 0.29) is 0 Å². The fraction of sp³-hybridized carbons (Fsp3) is 0.394. The molecule has 1 aliphatic carbocycles. The average Bonchev–Trinajstić information content (AvgIpc) is 3.54. The Hall–Kier alpha value is -2.49. The molecule has 3 rings (SSSR count). The van der Waals surface area contributed by atoms with Gasteiger partial charge in [-0.2, -0.15) is 0 Å². The van der Waals surface area contributed by atoms with Gasteiger partial charge >= 0.3 is 0 Å². The fourth-order valence-electron chi connectivity index (χ4n) is 4.99. The highest BCUT2D eigenvalue weighted by Crippen LogP contribution is 2.37. The summed E-state index contributed by atoms with van der Waals surface area (Å²) in [6.45, 7) is 23.3. The van der Waals surface area contributed by atoms with Crippen molar-refractivity contribution in [2.75, 3.05) is 19.3 Å². The maximum Gasteiger partial charge on any atom is 0.0433 e. The predicted molar refractivity (Wildman–Crippen MR) is 165 cm³/mol. The van der Waals surface area contributed by atoms with E-state index in [9.17, 15) is 0 Å². The van der Waals surface area contributed by atoms with Gasteiger partial charge in [-0.25, -0.2) is 0 Å². The molecule has 1 aliphatic heterocycles. The highest BCUT2D eigenvalue weighted by Gasteiger charge is 2.33. The van der Waals surface area contributed by atoms with Crippen LogP contribution in [-0.2, 0) is 6.54 Å². The zero-order valence-electron chi connectivity index (χ0n) is 23.2. The third-order valence-corrected chi connectivity index (χ3v) is 7.02. The van der Waals surface area contributed by atoms with Gasteiger partial charge in [-0.3, -0.25) is 4.90 Å². The van der Waals surface area contributed by atoms with E-state index in [1.54, 1.807) is 11.8 Å². The smallest absolute Gasteiger partial charge is 0.0433 e. The largest absolute Gasteiger partial charge is 0.366 e. The minimum absolute atomic E-state index is 0.472. The van der Waals surface area contributed by atoms with E-state index >= 15 is 0 Å². The molecule has 2 aliphatic rings. The topological polar surface area (TPSA) is 6.48 Å². The van der Waals surface area contributed by atoms with Crippen molar-refractivity contribution in [1.29, 1.82) is 0 Å². The Balaban J connectivity index is 0.00000154. The molecule has 1 aromatic carbocycles. The van der Waals surface area contributed by atoms with Crippen molar-refractivity contribution in [2.45, 2.75) is 65.1 Å². The Morgan fingerprint density at radius 1 is 1.08 bits per heavy atom. The Morgan fingerprint density at radius 3 is 2.39 bits per heavy atom. The van der Waals surface area contributed by atoms with Crippen LogP contribution in [-0.4, -0.2) is 41.2 Å². The molecule has 196 valence electrons. The van der Waals surface area contributed by atoms with Crippen molar-refractivity contribution >= 4 is 11.8 Å². The van der Waals surface area contributed by atoms with Crippen molar-refractivity contribution < 1.29 is 0 Å². The molecule has 2 fully saturated rings. The second-order valence-electron chi connectivity index (χ2n) is 8.58. The minimum atomic E-state index is 0.472. The van der Waals surface area contributed by atoms with Crippen molar-refractivity contribution in [3.63, 3.8) is 0 Å². The molecule has 0 aromatic heterocycles. The summed E-state index contributed by atoms with van der Waals surface area (Å²) in [6.07, 6.45) is 19.4. The molecule has 1 saturated carbocycles. The monoisotopic (exact) mass is 504 g/mol. The van der Waals surface area contributed by atoms with Crippen molar-refractivity contribution in [1.82, 2.24) is 9.80 Å². The lowest BCUT2D eigenvalue weighted by atomic mass is 10.1. The zero-order chi connectivity index (χ0) is 26.8. The molecule has 0 bridgehead atoms. The van der Waals surface area contributed by atoms with Gasteiger partial charge in [0.2, 0.25) is 0 Å². The number of likely N-dealkylation sites (tertiary alicyclic amines) is 1. The number of allylic oxidation sites excluding steroid dienone is 6. The third kappa shape index (κ3) is 9.52. The van der Waals surface area contributed by atoms with Gasteiger partial charge in [0.05, 0.1) is 0 Å². The molecule has 0 radical (unpaired) electrons. The first kappa shape index (κ1) is 31.5. The van der Waals surface area contributed by atoms with Crippen molar-refractivity contribution in [3.05, 3.63) is 121 Å². The van der Waals surface area contributed by atoms with Crippen LogP contribution in [0.1, 0.15) is 52.0 Å². The van der Waals surface area contributed by atoms with Crippen LogP contribution >= 0.6 is 11.8 Å². The molecule has 3 heteroatoms. The molecule has 2 atom stereocenters. The summed E-state index contributed by atoms with van der Waals surface area (Å²) < 4.78 is 0. The minimum Gasteiger partial charge on any atom is -0.366 e. The molecule has 36 heavy (non-hydrogen) atoms. The average molecular weight is 505 g/mol. The molecule has 0 N–H and O–H groups in total. The highest BCUT2D eigenvalue weighted by atomic mass is 32.2. The van der Waals surface area contributed by atoms with Crippen LogP contribution in [0, 0.1) is 0 Å². The van der Waals surface area contributed by atoms with E-state index < -0.39 is 0 Å². The van der Waals surface area contributed by atoms with E-state index in [0.717, 1.165) is 25.9 Å². The fourth-order valence-corrected chi connectivity index (χ4v) is 5.45. The first-order chi connectivity index (χ1) is 17.7. The van der Waals surface area contributed by atoms with Crippen LogP contribution in [0.25, 0.3) is 0 Å². The standard InChI is InChI=1S/C29H38N2S.C2H6.C2H4/c1-5-8-16-28(23-32-4)31(29-19-25(7-3)26(20-29)13-6-2)22-27-17-12-18-30(27)21-24-14-10-9-11-15-24;2*1-2/h5-11,13-16,23,27,29H,1-2,12,17-22H2,3-4H3;1-2H3;1-2H2/b16-8-,25-7-,26-13-,28-23+;;. The van der Waals surface area contributed by atoms with E-state index in [2.05, 4.69) is 109 Å². The lowest BCUT2D eigenvalue weighted by Crippen LogP contribution is -2.43. The van der Waals surface area contributed by atoms with Crippen LogP contribution in [0.3, 0.4) is 0 Å². The molecule has 1 aromatic rings. The van der Waals surface area contributed by atoms with Gasteiger partial charge in [0.1, 0.15) is 0 Å². The van der Waals surface area contributed by atoms with Crippen LogP contribution in [0.4, 0.5) is 0 Å². The quantitative estimate of drug-likeness (QED) is 0.232. The van der Waals surface area contributed by atoms with Gasteiger partial charge in [-0.15, -0.1) is 24.9 Å². The normalized spacial score (nSPS) is 22.2. The number of benzene rings is 1. The van der Waals surface area contributed by atoms with Crippen LogP contribution in [0.2, 0.25) is 0 Å². The number of hydrogen-bond acceptors (Lipinski definition) is 3. The highest BCUT2D eigenvalue weighted by molar-refractivity contribution is 8.01. The molecule has 1 saturated heterocycles. The lowest BCUT2D eigenvalue weighted by Gasteiger charge is -2.37. The lowest BCUT2D eigenvalue weighted by molar-refractivity contribution is 0.167. The van der Waals surface area contributed by atoms with E-state index in [4.69, 9.17) is 0 Å². The molecule has 2 nitrogen and oxygen atoms in total. The van der Waals surface area contributed by atoms with E-state index in [1.807, 2.05) is 26.0 Å². The Kier molecular flexibility index (Phi) is 16.4. The van der Waals surface area contributed by atoms with Gasteiger partial charge < -0.3 is 4.90 Å². The maximum atomic E-state index is 3.94. The Morgan fingerprint density at radius 2 is 1.78 bits per heavy atom. The predicted octanol–water partition coefficient (Wildman–Crippen LogP) is 8.95. The van der Waals surface area contributed by atoms with Gasteiger partial charge in [-0.05, 0) is 73.6 Å². The maximum absolute atomic E-state index is 3.94. The van der Waals surface area contributed by atoms with E-state index in [0.29, 0.717) is 12.1 Å². The van der Waals surface area contributed by atoms with Crippen molar-refractivity contribution in [2.24, 2.45) is 0 Å². The summed E-state index contributed by atoms with van der Waals surface area (Å²) in [5, 5.41) is 2.29. The summed E-state index contributed by atoms with van der Waals surface area (Å²) in [6, 6.07) is 11.9. The number of hydrogen-bond donors (Lipinski definition) is 0. The molecule has 2 unspecified atom stereocenters. The molecular weight excluding hydrogens is 456 g/mol. The molecule has 0 amide bonds. The number of thioether (sulfide) groups is 1. The molecule has 0 spiro atoms. The second kappa shape index (κ2) is 18.7. The summed E-state index contributed by atoms with van der Waals surface area (Å²) in [7, 11) is 0. The summed E-state index contributed by atoms with van der Waals surface area (Å²) in [5.41, 5.74) is 5.60. The number of rotatable bonds is 10. The van der Waals surface area contributed by atoms with Gasteiger partial charge in [0, 0.05) is 30.9 Å². The van der Waals surface area contributed by atoms with Crippen molar-refractivity contribution in [3.8, 4) is 0 Å². The Labute approximate surface area is 226 Å². The Bertz CT molecular complexity index is 894. The second-order valence-corrected chi connectivity index (χ2v) is 9.29. The number of nitrogens with zero attached hydrogens (tertiary/aromatic N) is 2. The zero-order valence-corrected chi connectivity index (χ0v) is 24.0. The summed E-state index contributed by atoms with van der Waals surface area (Å²) in [5.74, 6) is 0. The summed E-state index contributed by atoms with van der Waals surface area (Å²) in [4.78, 5) is 5.35. The van der Waals surface area contributed by atoms with Gasteiger partial charge in [-0.1, -0.05) is 87.7 Å². The first-order valence-corrected chi connectivity index (χ1v) is 14.5. The summed E-state index contributed by atoms with van der Waals surface area (Å²) >= 11 is 1.78. The van der Waals surface area contributed by atoms with Crippen LogP contribution in [0.5, 0.6) is 0 Å². The van der Waals surface area contributed by atoms with E-state index in [1.165, 1.54) is 41.8 Å². The van der Waals surface area contributed by atoms with Gasteiger partial charge in [0.25, 0.3) is 0 Å². The SMILES string of the molecule is C=C.C=C/C=C\C(=C/SC)N(CC1CCCN1Cc1ccccc1)C1CC(=C/C)/C(=C\C=C)C1.CC. The third-order valence-electron chi connectivity index (χ3n) is 6.54. The van der Waals surface area contributed by atoms with Gasteiger partial charge in [0.15, 0.2) is 0 Å². The molecule has 1 heterocycles. The first-order valence-electron chi connectivity index (χ1n) is 13.2. The molecular formula is C33H48N2S. The van der Waals surface area contributed by atoms with Crippen LogP contribution < -0.4 is 0 Å². The van der Waals surface area contributed by atoms with Crippen LogP contribution in [0.15, 0.2) is 115 Å².